The summed E-state index contributed by atoms with van der Waals surface area (Å²) in [6.45, 7) is 3.91. The lowest BCUT2D eigenvalue weighted by atomic mass is 10.0. The quantitative estimate of drug-likeness (QED) is 0.152. The van der Waals surface area contributed by atoms with Gasteiger partial charge >= 0.3 is 6.09 Å². The van der Waals surface area contributed by atoms with Gasteiger partial charge in [0.15, 0.2) is 0 Å². The summed E-state index contributed by atoms with van der Waals surface area (Å²) in [5.41, 5.74) is 1.81. The normalized spacial score (nSPS) is 16.0. The number of fused-ring (bicyclic) bond motifs is 1. The number of ether oxygens (including phenoxy) is 5. The van der Waals surface area contributed by atoms with Crippen LogP contribution < -0.4 is 16.0 Å². The maximum Gasteiger partial charge on any atom is 0.407 e. The minimum Gasteiger partial charge on any atom is -0.445 e. The van der Waals surface area contributed by atoms with E-state index in [2.05, 4.69) is 16.0 Å². The smallest absolute Gasteiger partial charge is 0.407 e. The van der Waals surface area contributed by atoms with Crippen molar-refractivity contribution in [2.24, 2.45) is 0 Å². The van der Waals surface area contributed by atoms with E-state index in [0.29, 0.717) is 71.6 Å². The maximum atomic E-state index is 13.1. The van der Waals surface area contributed by atoms with Crippen LogP contribution in [-0.4, -0.2) is 107 Å². The van der Waals surface area contributed by atoms with Crippen molar-refractivity contribution >= 4 is 35.4 Å². The van der Waals surface area contributed by atoms with Gasteiger partial charge in [0.05, 0.1) is 64.0 Å². The van der Waals surface area contributed by atoms with Gasteiger partial charge in [-0.3, -0.25) is 29.4 Å². The van der Waals surface area contributed by atoms with Crippen LogP contribution in [0, 0.1) is 0 Å². The fraction of sp³-hybridized carbons (Fsp3) is 0.452. The fourth-order valence-electron chi connectivity index (χ4n) is 4.68. The van der Waals surface area contributed by atoms with Gasteiger partial charge < -0.3 is 34.3 Å². The summed E-state index contributed by atoms with van der Waals surface area (Å²) < 4.78 is 27.0. The Morgan fingerprint density at radius 1 is 0.778 bits per heavy atom. The van der Waals surface area contributed by atoms with Crippen molar-refractivity contribution in [3.05, 3.63) is 65.2 Å². The summed E-state index contributed by atoms with van der Waals surface area (Å²) in [7, 11) is 0. The second-order valence-electron chi connectivity index (χ2n) is 10.0. The number of amides is 5. The summed E-state index contributed by atoms with van der Waals surface area (Å²) >= 11 is 0. The van der Waals surface area contributed by atoms with E-state index >= 15 is 0 Å². The second kappa shape index (κ2) is 17.8. The molecule has 14 heteroatoms. The van der Waals surface area contributed by atoms with Gasteiger partial charge in [0.1, 0.15) is 12.6 Å². The average molecular weight is 627 g/mol. The van der Waals surface area contributed by atoms with Crippen molar-refractivity contribution in [2.45, 2.75) is 25.5 Å². The molecule has 2 heterocycles. The molecule has 0 aromatic heterocycles. The molecular formula is C31H38N4O10. The monoisotopic (exact) mass is 626 g/mol. The van der Waals surface area contributed by atoms with E-state index in [1.165, 1.54) is 0 Å². The van der Waals surface area contributed by atoms with Crippen molar-refractivity contribution in [2.75, 3.05) is 71.3 Å². The highest BCUT2D eigenvalue weighted by molar-refractivity contribution is 6.25. The van der Waals surface area contributed by atoms with Crippen molar-refractivity contribution in [3.8, 4) is 0 Å². The summed E-state index contributed by atoms with van der Waals surface area (Å²) in [5.74, 6) is -2.18. The van der Waals surface area contributed by atoms with Gasteiger partial charge in [0.25, 0.3) is 11.8 Å². The molecule has 0 aliphatic carbocycles. The highest BCUT2D eigenvalue weighted by atomic mass is 16.6. The molecule has 3 N–H and O–H groups in total. The molecule has 2 aliphatic rings. The van der Waals surface area contributed by atoms with E-state index in [1.807, 2.05) is 30.3 Å². The molecule has 1 atom stereocenters. The van der Waals surface area contributed by atoms with E-state index in [1.54, 1.807) is 18.2 Å². The molecule has 45 heavy (non-hydrogen) atoms. The van der Waals surface area contributed by atoms with Crippen LogP contribution in [0.25, 0.3) is 0 Å². The first-order chi connectivity index (χ1) is 22.0. The fourth-order valence-corrected chi connectivity index (χ4v) is 4.68. The third-order valence-electron chi connectivity index (χ3n) is 6.87. The molecule has 1 unspecified atom stereocenters. The van der Waals surface area contributed by atoms with Crippen LogP contribution in [0.15, 0.2) is 48.5 Å². The Kier molecular flexibility index (Phi) is 13.3. The van der Waals surface area contributed by atoms with E-state index in [9.17, 15) is 24.0 Å². The lowest BCUT2D eigenvalue weighted by molar-refractivity contribution is -0.136. The third kappa shape index (κ3) is 10.1. The van der Waals surface area contributed by atoms with Crippen LogP contribution in [0.2, 0.25) is 0 Å². The molecule has 0 saturated carbocycles. The number of hydrogen-bond donors (Lipinski definition) is 3. The van der Waals surface area contributed by atoms with Gasteiger partial charge in [0.2, 0.25) is 11.8 Å². The Bertz CT molecular complexity index is 1320. The number of anilines is 1. The number of imide groups is 2. The second-order valence-corrected chi connectivity index (χ2v) is 10.0. The molecule has 5 amide bonds. The van der Waals surface area contributed by atoms with E-state index in [0.717, 1.165) is 10.5 Å². The van der Waals surface area contributed by atoms with Crippen molar-refractivity contribution in [3.63, 3.8) is 0 Å². The van der Waals surface area contributed by atoms with Crippen LogP contribution in [0.1, 0.15) is 39.1 Å². The molecule has 0 bridgehead atoms. The van der Waals surface area contributed by atoms with Crippen LogP contribution in [0.5, 0.6) is 0 Å². The maximum absolute atomic E-state index is 13.1. The highest BCUT2D eigenvalue weighted by Gasteiger charge is 2.45. The zero-order chi connectivity index (χ0) is 31.9. The minimum atomic E-state index is -1.01. The minimum absolute atomic E-state index is 0.0639. The van der Waals surface area contributed by atoms with Gasteiger partial charge in [-0.05, 0) is 24.1 Å². The average Bonchev–Trinajstić information content (AvgIpc) is 3.30. The van der Waals surface area contributed by atoms with Crippen LogP contribution >= 0.6 is 0 Å². The standard InChI is InChI=1S/C31H38N4O10/c36-26-10-9-25(28(37)34-26)35-29(38)23-7-4-8-24(27(23)30(35)39)32-11-13-41-15-17-43-19-20-44-18-16-42-14-12-33-31(40)45-21-22-5-2-1-3-6-22/h1-8,25,32H,9-21H2,(H,33,40)(H,34,36,37). The lowest BCUT2D eigenvalue weighted by Crippen LogP contribution is -2.54. The Morgan fingerprint density at radius 2 is 1.42 bits per heavy atom. The van der Waals surface area contributed by atoms with E-state index in [-0.39, 0.29) is 30.6 Å². The number of nitrogens with zero attached hydrogens (tertiary/aromatic N) is 1. The van der Waals surface area contributed by atoms with Gasteiger partial charge in [-0.2, -0.15) is 0 Å². The molecule has 1 fully saturated rings. The van der Waals surface area contributed by atoms with Crippen LogP contribution in [0.4, 0.5) is 10.5 Å². The summed E-state index contributed by atoms with van der Waals surface area (Å²) in [6, 6.07) is 13.3. The number of hydrogen-bond acceptors (Lipinski definition) is 11. The zero-order valence-electron chi connectivity index (χ0n) is 24.9. The van der Waals surface area contributed by atoms with Gasteiger partial charge in [-0.25, -0.2) is 4.79 Å². The molecule has 2 aromatic rings. The molecule has 0 radical (unpaired) electrons. The summed E-state index contributed by atoms with van der Waals surface area (Å²) in [5, 5.41) is 7.93. The topological polar surface area (TPSA) is 171 Å². The molecule has 2 aliphatic heterocycles. The van der Waals surface area contributed by atoms with Crippen molar-refractivity contribution in [1.82, 2.24) is 15.5 Å². The Morgan fingerprint density at radius 3 is 2.09 bits per heavy atom. The molecule has 1 saturated heterocycles. The number of piperidine rings is 1. The molecule has 0 spiro atoms. The van der Waals surface area contributed by atoms with Crippen molar-refractivity contribution in [1.29, 1.82) is 0 Å². The first-order valence-electron chi connectivity index (χ1n) is 14.8. The predicted octanol–water partition coefficient (Wildman–Crippen LogP) is 1.49. The van der Waals surface area contributed by atoms with Crippen LogP contribution in [0.3, 0.4) is 0 Å². The van der Waals surface area contributed by atoms with Gasteiger partial charge in [0, 0.05) is 25.2 Å². The first kappa shape index (κ1) is 33.5. The van der Waals surface area contributed by atoms with Crippen LogP contribution in [-0.2, 0) is 39.9 Å². The third-order valence-corrected chi connectivity index (χ3v) is 6.87. The zero-order valence-corrected chi connectivity index (χ0v) is 24.9. The van der Waals surface area contributed by atoms with Gasteiger partial charge in [-0.15, -0.1) is 0 Å². The Labute approximate surface area is 260 Å². The molecule has 242 valence electrons. The molecule has 2 aromatic carbocycles. The number of alkyl carbamates (subject to hydrolysis) is 1. The SMILES string of the molecule is O=C1CCC(N2C(=O)c3cccc(NCCOCCOCCOCCOCCNC(=O)OCc4ccccc4)c3C2=O)C(=O)N1. The van der Waals surface area contributed by atoms with Crippen molar-refractivity contribution < 1.29 is 47.7 Å². The number of nitrogens with one attached hydrogen (secondary N) is 3. The predicted molar refractivity (Wildman–Crippen MR) is 160 cm³/mol. The number of rotatable bonds is 19. The lowest BCUT2D eigenvalue weighted by Gasteiger charge is -2.27. The van der Waals surface area contributed by atoms with Gasteiger partial charge in [-0.1, -0.05) is 36.4 Å². The Hall–Kier alpha value is -4.37. The molecule has 4 rings (SSSR count). The number of carbonyl (C=O) groups is 5. The first-order valence-corrected chi connectivity index (χ1v) is 14.8. The molecule has 14 nitrogen and oxygen atoms in total. The number of benzene rings is 2. The summed E-state index contributed by atoms with van der Waals surface area (Å²) in [6.07, 6.45) is -0.330. The Balaban J connectivity index is 0.976. The number of carbonyl (C=O) groups excluding carboxylic acids is 5. The van der Waals surface area contributed by atoms with E-state index < -0.39 is 35.8 Å². The highest BCUT2D eigenvalue weighted by Crippen LogP contribution is 2.32. The largest absolute Gasteiger partial charge is 0.445 e. The molecular weight excluding hydrogens is 588 g/mol. The van der Waals surface area contributed by atoms with E-state index in [4.69, 9.17) is 23.7 Å². The summed E-state index contributed by atoms with van der Waals surface area (Å²) in [4.78, 5) is 62.4.